The van der Waals surface area contributed by atoms with E-state index >= 15 is 0 Å². The molecule has 1 unspecified atom stereocenters. The van der Waals surface area contributed by atoms with Crippen LogP contribution < -0.4 is 4.90 Å². The van der Waals surface area contributed by atoms with Crippen molar-refractivity contribution in [3.63, 3.8) is 0 Å². The van der Waals surface area contributed by atoms with E-state index in [0.717, 1.165) is 25.9 Å². The minimum absolute atomic E-state index is 0.0274. The number of piperidine rings is 1. The van der Waals surface area contributed by atoms with Crippen molar-refractivity contribution in [1.29, 1.82) is 0 Å². The zero-order valence-electron chi connectivity index (χ0n) is 14.8. The number of rotatable bonds is 4. The largest absolute Gasteiger partial charge is 0.338 e. The Morgan fingerprint density at radius 2 is 2.04 bits per heavy atom. The molecule has 1 aromatic carbocycles. The number of nitrogens with zero attached hydrogens (tertiary/aromatic N) is 2. The lowest BCUT2D eigenvalue weighted by atomic mass is 9.95. The molecular weight excluding hydrogens is 332 g/mol. The number of hydrogen-bond acceptors (Lipinski definition) is 3. The second-order valence-electron chi connectivity index (χ2n) is 6.53. The van der Waals surface area contributed by atoms with Gasteiger partial charge in [-0.2, -0.15) is 0 Å². The molecule has 0 aliphatic carbocycles. The third-order valence-corrected chi connectivity index (χ3v) is 5.77. The number of amides is 2. The molecule has 2 aromatic rings. The molecule has 1 atom stereocenters. The van der Waals surface area contributed by atoms with E-state index in [1.807, 2.05) is 46.7 Å². The van der Waals surface area contributed by atoms with E-state index in [9.17, 15) is 9.59 Å². The van der Waals surface area contributed by atoms with E-state index < -0.39 is 0 Å². The second-order valence-corrected chi connectivity index (χ2v) is 7.47. The molecule has 1 aliphatic heterocycles. The van der Waals surface area contributed by atoms with Gasteiger partial charge in [-0.05, 0) is 42.3 Å². The first kappa shape index (κ1) is 17.7. The molecule has 0 spiro atoms. The molecule has 1 aliphatic rings. The lowest BCUT2D eigenvalue weighted by Crippen LogP contribution is -2.40. The van der Waals surface area contributed by atoms with Crippen LogP contribution in [-0.2, 0) is 0 Å². The molecule has 3 rings (SSSR count). The van der Waals surface area contributed by atoms with E-state index in [1.54, 1.807) is 11.9 Å². The number of hydrogen-bond donors (Lipinski definition) is 0. The molecule has 0 N–H and O–H groups in total. The summed E-state index contributed by atoms with van der Waals surface area (Å²) in [7, 11) is 1.74. The molecule has 25 heavy (non-hydrogen) atoms. The van der Waals surface area contributed by atoms with Crippen LogP contribution in [0, 0.1) is 5.92 Å². The maximum Gasteiger partial charge on any atom is 0.268 e. The standard InChI is InChI=1S/C20H24N2O2S/c1-3-15-8-6-12-22(14-15)19(23)16-9-4-5-10-17(16)21(2)20(24)18-11-7-13-25-18/h4-5,7,9-11,13,15H,3,6,8,12,14H2,1-2H3. The molecule has 1 fully saturated rings. The number of likely N-dealkylation sites (tertiary alicyclic amines) is 1. The Morgan fingerprint density at radius 3 is 2.76 bits per heavy atom. The van der Waals surface area contributed by atoms with Gasteiger partial charge >= 0.3 is 0 Å². The predicted octanol–water partition coefficient (Wildman–Crippen LogP) is 4.29. The highest BCUT2D eigenvalue weighted by molar-refractivity contribution is 7.12. The summed E-state index contributed by atoms with van der Waals surface area (Å²) in [5, 5.41) is 1.89. The Balaban J connectivity index is 1.85. The van der Waals surface area contributed by atoms with Gasteiger partial charge in [-0.25, -0.2) is 0 Å². The van der Waals surface area contributed by atoms with Crippen LogP contribution in [0.4, 0.5) is 5.69 Å². The van der Waals surface area contributed by atoms with Crippen LogP contribution in [0.5, 0.6) is 0 Å². The molecule has 0 radical (unpaired) electrons. The Morgan fingerprint density at radius 1 is 1.24 bits per heavy atom. The summed E-state index contributed by atoms with van der Waals surface area (Å²) >= 11 is 1.41. The number of anilines is 1. The number of carbonyl (C=O) groups excluding carboxylic acids is 2. The van der Waals surface area contributed by atoms with Crippen molar-refractivity contribution in [2.45, 2.75) is 26.2 Å². The van der Waals surface area contributed by atoms with Gasteiger partial charge in [0.1, 0.15) is 0 Å². The second kappa shape index (κ2) is 7.83. The zero-order valence-corrected chi connectivity index (χ0v) is 15.6. The number of para-hydroxylation sites is 1. The van der Waals surface area contributed by atoms with Gasteiger partial charge in [0.2, 0.25) is 0 Å². The van der Waals surface area contributed by atoms with Crippen LogP contribution >= 0.6 is 11.3 Å². The summed E-state index contributed by atoms with van der Waals surface area (Å²) in [5.74, 6) is 0.523. The van der Waals surface area contributed by atoms with Crippen molar-refractivity contribution >= 4 is 28.8 Å². The summed E-state index contributed by atoms with van der Waals surface area (Å²) < 4.78 is 0. The van der Waals surface area contributed by atoms with Crippen molar-refractivity contribution in [1.82, 2.24) is 4.90 Å². The quantitative estimate of drug-likeness (QED) is 0.820. The highest BCUT2D eigenvalue weighted by Crippen LogP contribution is 2.26. The normalized spacial score (nSPS) is 17.4. The fraction of sp³-hybridized carbons (Fsp3) is 0.400. The molecule has 0 bridgehead atoms. The van der Waals surface area contributed by atoms with Gasteiger partial charge in [0.15, 0.2) is 0 Å². The fourth-order valence-electron chi connectivity index (χ4n) is 3.38. The average molecular weight is 356 g/mol. The van der Waals surface area contributed by atoms with Gasteiger partial charge in [-0.3, -0.25) is 9.59 Å². The maximum atomic E-state index is 13.1. The zero-order chi connectivity index (χ0) is 17.8. The van der Waals surface area contributed by atoms with Crippen LogP contribution in [0.1, 0.15) is 46.2 Å². The van der Waals surface area contributed by atoms with Crippen LogP contribution in [0.3, 0.4) is 0 Å². The minimum atomic E-state index is -0.0830. The van der Waals surface area contributed by atoms with E-state index in [-0.39, 0.29) is 11.8 Å². The van der Waals surface area contributed by atoms with Crippen molar-refractivity contribution in [2.24, 2.45) is 5.92 Å². The lowest BCUT2D eigenvalue weighted by molar-refractivity contribution is 0.0672. The number of benzene rings is 1. The molecular formula is C20H24N2O2S. The van der Waals surface area contributed by atoms with E-state index in [4.69, 9.17) is 0 Å². The van der Waals surface area contributed by atoms with E-state index in [0.29, 0.717) is 22.0 Å². The summed E-state index contributed by atoms with van der Waals surface area (Å²) in [5.41, 5.74) is 1.27. The molecule has 1 saturated heterocycles. The lowest BCUT2D eigenvalue weighted by Gasteiger charge is -2.33. The summed E-state index contributed by atoms with van der Waals surface area (Å²) in [6.45, 7) is 3.79. The first-order chi connectivity index (χ1) is 12.1. The summed E-state index contributed by atoms with van der Waals surface area (Å²) in [6, 6.07) is 11.1. The first-order valence-corrected chi connectivity index (χ1v) is 9.69. The Kier molecular flexibility index (Phi) is 5.53. The van der Waals surface area contributed by atoms with Crippen molar-refractivity contribution in [3.8, 4) is 0 Å². The highest BCUT2D eigenvalue weighted by atomic mass is 32.1. The van der Waals surface area contributed by atoms with Gasteiger partial charge in [-0.1, -0.05) is 31.5 Å². The van der Waals surface area contributed by atoms with Gasteiger partial charge < -0.3 is 9.80 Å². The highest BCUT2D eigenvalue weighted by Gasteiger charge is 2.27. The van der Waals surface area contributed by atoms with Crippen LogP contribution in [-0.4, -0.2) is 36.9 Å². The monoisotopic (exact) mass is 356 g/mol. The third-order valence-electron chi connectivity index (χ3n) is 4.92. The minimum Gasteiger partial charge on any atom is -0.338 e. The van der Waals surface area contributed by atoms with Crippen molar-refractivity contribution in [3.05, 3.63) is 52.2 Å². The topological polar surface area (TPSA) is 40.6 Å². The van der Waals surface area contributed by atoms with Gasteiger partial charge in [-0.15, -0.1) is 11.3 Å². The van der Waals surface area contributed by atoms with Crippen LogP contribution in [0.2, 0.25) is 0 Å². The molecule has 132 valence electrons. The Labute approximate surface area is 153 Å². The molecule has 2 heterocycles. The number of carbonyl (C=O) groups is 2. The fourth-order valence-corrected chi connectivity index (χ4v) is 4.07. The average Bonchev–Trinajstić information content (AvgIpc) is 3.21. The molecule has 1 aromatic heterocycles. The van der Waals surface area contributed by atoms with E-state index in [1.165, 1.54) is 17.8 Å². The first-order valence-electron chi connectivity index (χ1n) is 8.81. The van der Waals surface area contributed by atoms with E-state index in [2.05, 4.69) is 6.92 Å². The van der Waals surface area contributed by atoms with Gasteiger partial charge in [0.05, 0.1) is 16.1 Å². The maximum absolute atomic E-state index is 13.1. The predicted molar refractivity (Wildman–Crippen MR) is 102 cm³/mol. The summed E-state index contributed by atoms with van der Waals surface area (Å²) in [4.78, 5) is 30.0. The molecule has 5 heteroatoms. The smallest absolute Gasteiger partial charge is 0.268 e. The Hall–Kier alpha value is -2.14. The van der Waals surface area contributed by atoms with Crippen LogP contribution in [0.15, 0.2) is 41.8 Å². The summed E-state index contributed by atoms with van der Waals surface area (Å²) in [6.07, 6.45) is 3.34. The van der Waals surface area contributed by atoms with Crippen molar-refractivity contribution in [2.75, 3.05) is 25.0 Å². The molecule has 0 saturated carbocycles. The molecule has 2 amide bonds. The van der Waals surface area contributed by atoms with Gasteiger partial charge in [0.25, 0.3) is 11.8 Å². The number of thiophene rings is 1. The van der Waals surface area contributed by atoms with Crippen LogP contribution in [0.25, 0.3) is 0 Å². The molecule has 4 nitrogen and oxygen atoms in total. The third kappa shape index (κ3) is 3.76. The Bertz CT molecular complexity index is 742. The van der Waals surface area contributed by atoms with Gasteiger partial charge in [0, 0.05) is 20.1 Å². The SMILES string of the molecule is CCC1CCCN(C(=O)c2ccccc2N(C)C(=O)c2cccs2)C1. The van der Waals surface area contributed by atoms with Crippen molar-refractivity contribution < 1.29 is 9.59 Å².